The first-order chi connectivity index (χ1) is 17.9. The van der Waals surface area contributed by atoms with Crippen molar-refractivity contribution in [3.05, 3.63) is 101 Å². The van der Waals surface area contributed by atoms with E-state index in [-0.39, 0.29) is 5.56 Å². The van der Waals surface area contributed by atoms with Crippen LogP contribution in [0.15, 0.2) is 95.4 Å². The molecule has 0 atom stereocenters. The van der Waals surface area contributed by atoms with E-state index in [9.17, 15) is 4.79 Å². The van der Waals surface area contributed by atoms with Gasteiger partial charge in [0.05, 0.1) is 5.39 Å². The Hall–Kier alpha value is -3.77. The maximum Gasteiger partial charge on any atom is 0.260 e. The smallest absolute Gasteiger partial charge is 0.260 e. The third kappa shape index (κ3) is 6.92. The molecule has 1 aliphatic carbocycles. The van der Waals surface area contributed by atoms with Gasteiger partial charge in [0.25, 0.3) is 5.56 Å². The van der Waals surface area contributed by atoms with Crippen molar-refractivity contribution in [3.8, 4) is 11.1 Å². The highest BCUT2D eigenvalue weighted by Crippen LogP contribution is 2.27. The van der Waals surface area contributed by atoms with Gasteiger partial charge < -0.3 is 14.8 Å². The molecule has 6 nitrogen and oxygen atoms in total. The minimum Gasteiger partial charge on any atom is -0.347 e. The number of likely N-dealkylation sites (N-methyl/N-ethyl adjacent to an activating group) is 1. The van der Waals surface area contributed by atoms with Gasteiger partial charge in [-0.3, -0.25) is 15.2 Å². The van der Waals surface area contributed by atoms with Crippen LogP contribution < -0.4 is 10.9 Å². The summed E-state index contributed by atoms with van der Waals surface area (Å²) in [5.41, 5.74) is 4.05. The van der Waals surface area contributed by atoms with Crippen LogP contribution in [-0.4, -0.2) is 40.4 Å². The molecule has 0 bridgehead atoms. The van der Waals surface area contributed by atoms with Crippen LogP contribution in [0.1, 0.15) is 33.1 Å². The SMILES string of the molecule is C/C=C(\C=C/C(=N)N/C=C(\C)Cn1ccc2c(-c3ccccc3)cncc2c1=O)CN(C)CC1CCC1. The lowest BCUT2D eigenvalue weighted by molar-refractivity contribution is 0.216. The number of benzene rings is 1. The standard InChI is InChI=1S/C31H37N5O/c1-4-24(21-35(3)22-25-9-8-10-25)13-14-30(32)34-17-23(2)20-36-16-15-27-28(26-11-6-5-7-12-26)18-33-19-29(27)31(36)37/h4-7,11-19,25H,8-10,20-22H2,1-3H3,(H2,32,34)/b14-13-,23-17+,24-4+. The number of nitrogens with one attached hydrogen (secondary N) is 2. The van der Waals surface area contributed by atoms with E-state index < -0.39 is 0 Å². The Kier molecular flexibility index (Phi) is 8.86. The van der Waals surface area contributed by atoms with Gasteiger partial charge in [-0.25, -0.2) is 0 Å². The Morgan fingerprint density at radius 1 is 1.16 bits per heavy atom. The van der Waals surface area contributed by atoms with E-state index in [0.29, 0.717) is 17.8 Å². The van der Waals surface area contributed by atoms with Gasteiger partial charge in [0, 0.05) is 50.0 Å². The molecule has 2 heterocycles. The molecule has 37 heavy (non-hydrogen) atoms. The van der Waals surface area contributed by atoms with Gasteiger partial charge in [-0.1, -0.05) is 48.9 Å². The van der Waals surface area contributed by atoms with Gasteiger partial charge in [-0.15, -0.1) is 0 Å². The summed E-state index contributed by atoms with van der Waals surface area (Å²) in [5.74, 6) is 1.15. The molecule has 0 aliphatic heterocycles. The predicted octanol–water partition coefficient (Wildman–Crippen LogP) is 5.77. The number of hydrogen-bond acceptors (Lipinski definition) is 4. The quantitative estimate of drug-likeness (QED) is 0.213. The van der Waals surface area contributed by atoms with Crippen LogP contribution in [0, 0.1) is 11.3 Å². The zero-order valence-electron chi connectivity index (χ0n) is 22.1. The van der Waals surface area contributed by atoms with Gasteiger partial charge >= 0.3 is 0 Å². The summed E-state index contributed by atoms with van der Waals surface area (Å²) in [4.78, 5) is 19.9. The number of allylic oxidation sites excluding steroid dienone is 2. The average Bonchev–Trinajstić information content (AvgIpc) is 2.89. The lowest BCUT2D eigenvalue weighted by Crippen LogP contribution is -2.30. The van der Waals surface area contributed by atoms with E-state index in [1.807, 2.05) is 62.5 Å². The van der Waals surface area contributed by atoms with Crippen molar-refractivity contribution in [1.82, 2.24) is 19.8 Å². The molecule has 0 spiro atoms. The number of hydrogen-bond donors (Lipinski definition) is 2. The average molecular weight is 496 g/mol. The Morgan fingerprint density at radius 2 is 1.95 bits per heavy atom. The van der Waals surface area contributed by atoms with Crippen LogP contribution in [-0.2, 0) is 6.54 Å². The number of nitrogens with zero attached hydrogens (tertiary/aromatic N) is 3. The Balaban J connectivity index is 1.37. The van der Waals surface area contributed by atoms with E-state index in [2.05, 4.69) is 28.3 Å². The third-order valence-electron chi connectivity index (χ3n) is 6.96. The van der Waals surface area contributed by atoms with Gasteiger partial charge in [-0.2, -0.15) is 0 Å². The van der Waals surface area contributed by atoms with E-state index in [4.69, 9.17) is 5.41 Å². The molecule has 1 fully saturated rings. The van der Waals surface area contributed by atoms with Crippen LogP contribution in [0.4, 0.5) is 0 Å². The molecule has 3 aromatic rings. The first-order valence-electron chi connectivity index (χ1n) is 13.0. The summed E-state index contributed by atoms with van der Waals surface area (Å²) in [6.07, 6.45) is 17.0. The summed E-state index contributed by atoms with van der Waals surface area (Å²) < 4.78 is 1.68. The molecule has 6 heteroatoms. The van der Waals surface area contributed by atoms with Crippen LogP contribution in [0.2, 0.25) is 0 Å². The van der Waals surface area contributed by atoms with Crippen molar-refractivity contribution in [2.24, 2.45) is 5.92 Å². The van der Waals surface area contributed by atoms with Crippen LogP contribution in [0.3, 0.4) is 0 Å². The molecule has 1 aliphatic rings. The van der Waals surface area contributed by atoms with Crippen molar-refractivity contribution in [2.75, 3.05) is 20.1 Å². The lowest BCUT2D eigenvalue weighted by atomic mass is 9.85. The van der Waals surface area contributed by atoms with Crippen LogP contribution >= 0.6 is 0 Å². The first kappa shape index (κ1) is 26.3. The Bertz CT molecular complexity index is 1380. The molecule has 2 N–H and O–H groups in total. The topological polar surface area (TPSA) is 74.0 Å². The van der Waals surface area contributed by atoms with Gasteiger partial charge in [0.15, 0.2) is 0 Å². The number of pyridine rings is 2. The van der Waals surface area contributed by atoms with Gasteiger partial charge in [-0.05, 0) is 73.9 Å². The van der Waals surface area contributed by atoms with Crippen molar-refractivity contribution in [3.63, 3.8) is 0 Å². The minimum atomic E-state index is -0.0748. The molecule has 192 valence electrons. The Morgan fingerprint density at radius 3 is 2.65 bits per heavy atom. The number of aromatic nitrogens is 2. The number of rotatable bonds is 10. The molecule has 0 unspecified atom stereocenters. The van der Waals surface area contributed by atoms with E-state index in [0.717, 1.165) is 41.1 Å². The molecular formula is C31H37N5O. The van der Waals surface area contributed by atoms with E-state index in [1.165, 1.54) is 24.8 Å². The summed E-state index contributed by atoms with van der Waals surface area (Å²) in [5, 5.41) is 12.8. The zero-order chi connectivity index (χ0) is 26.2. The Labute approximate surface area is 219 Å². The second kappa shape index (κ2) is 12.5. The highest BCUT2D eigenvalue weighted by molar-refractivity contribution is 5.95. The van der Waals surface area contributed by atoms with Crippen LogP contribution in [0.5, 0.6) is 0 Å². The van der Waals surface area contributed by atoms with E-state index >= 15 is 0 Å². The van der Waals surface area contributed by atoms with Gasteiger partial charge in [0.1, 0.15) is 5.84 Å². The maximum atomic E-state index is 13.2. The summed E-state index contributed by atoms with van der Waals surface area (Å²) in [7, 11) is 2.17. The fourth-order valence-electron chi connectivity index (χ4n) is 4.67. The third-order valence-corrected chi connectivity index (χ3v) is 6.96. The highest BCUT2D eigenvalue weighted by atomic mass is 16.1. The van der Waals surface area contributed by atoms with E-state index in [1.54, 1.807) is 29.2 Å². The summed E-state index contributed by atoms with van der Waals surface area (Å²) >= 11 is 0. The lowest BCUT2D eigenvalue weighted by Gasteiger charge is -2.30. The van der Waals surface area contributed by atoms with Crippen molar-refractivity contribution in [1.29, 1.82) is 5.41 Å². The first-order valence-corrected chi connectivity index (χ1v) is 13.0. The molecule has 0 radical (unpaired) electrons. The normalized spacial score (nSPS) is 14.9. The molecule has 1 aromatic carbocycles. The number of amidine groups is 1. The molecule has 0 saturated heterocycles. The second-order valence-corrected chi connectivity index (χ2v) is 10.0. The van der Waals surface area contributed by atoms with Crippen molar-refractivity contribution < 1.29 is 0 Å². The van der Waals surface area contributed by atoms with Gasteiger partial charge in [0.2, 0.25) is 0 Å². The predicted molar refractivity (Wildman–Crippen MR) is 154 cm³/mol. The maximum absolute atomic E-state index is 13.2. The monoisotopic (exact) mass is 495 g/mol. The number of fused-ring (bicyclic) bond motifs is 1. The minimum absolute atomic E-state index is 0.0748. The second-order valence-electron chi connectivity index (χ2n) is 10.0. The van der Waals surface area contributed by atoms with Crippen molar-refractivity contribution in [2.45, 2.75) is 39.7 Å². The summed E-state index contributed by atoms with van der Waals surface area (Å²) in [6.45, 7) is 6.45. The highest BCUT2D eigenvalue weighted by Gasteiger charge is 2.19. The fourth-order valence-corrected chi connectivity index (χ4v) is 4.67. The molecule has 1 saturated carbocycles. The fraction of sp³-hybridized carbons (Fsp3) is 0.323. The van der Waals surface area contributed by atoms with Crippen LogP contribution in [0.25, 0.3) is 21.9 Å². The molecular weight excluding hydrogens is 458 g/mol. The summed E-state index contributed by atoms with van der Waals surface area (Å²) in [6, 6.07) is 12.0. The van der Waals surface area contributed by atoms with Crippen molar-refractivity contribution >= 4 is 16.6 Å². The molecule has 2 aromatic heterocycles. The molecule has 4 rings (SSSR count). The zero-order valence-corrected chi connectivity index (χ0v) is 22.1. The largest absolute Gasteiger partial charge is 0.347 e. The molecule has 0 amide bonds.